The summed E-state index contributed by atoms with van der Waals surface area (Å²) in [6, 6.07) is 12.4. The second kappa shape index (κ2) is 5.22. The number of Topliss-reactive ketones (excluding diaryl/α,β-unsaturated/α-hetero) is 1. The zero-order valence-corrected chi connectivity index (χ0v) is 11.4. The van der Waals surface area contributed by atoms with Crippen LogP contribution in [0, 0.1) is 6.92 Å². The van der Waals surface area contributed by atoms with Crippen molar-refractivity contribution in [1.29, 1.82) is 0 Å². The number of carbonyl (C=O) groups is 2. The fourth-order valence-corrected chi connectivity index (χ4v) is 2.13. The maximum atomic E-state index is 11.5. The van der Waals surface area contributed by atoms with Gasteiger partial charge in [-0.2, -0.15) is 0 Å². The van der Waals surface area contributed by atoms with Crippen LogP contribution in [-0.4, -0.2) is 23.6 Å². The van der Waals surface area contributed by atoms with Gasteiger partial charge in [0.05, 0.1) is 0 Å². The van der Waals surface area contributed by atoms with E-state index in [0.29, 0.717) is 6.54 Å². The zero-order valence-electron chi connectivity index (χ0n) is 11.4. The largest absolute Gasteiger partial charge is 0.335 e. The average Bonchev–Trinajstić information content (AvgIpc) is 2.37. The molecule has 0 spiro atoms. The van der Waals surface area contributed by atoms with Crippen molar-refractivity contribution in [2.45, 2.75) is 20.4 Å². The highest BCUT2D eigenvalue weighted by Crippen LogP contribution is 2.18. The van der Waals surface area contributed by atoms with Gasteiger partial charge in [0, 0.05) is 20.5 Å². The molecule has 0 aliphatic heterocycles. The molecule has 0 radical (unpaired) electrons. The summed E-state index contributed by atoms with van der Waals surface area (Å²) < 4.78 is 0. The van der Waals surface area contributed by atoms with E-state index < -0.39 is 11.7 Å². The number of rotatable bonds is 3. The number of aryl methyl sites for hydroxylation is 1. The second-order valence-electron chi connectivity index (χ2n) is 4.90. The Labute approximate surface area is 112 Å². The van der Waals surface area contributed by atoms with Gasteiger partial charge in [-0.05, 0) is 29.3 Å². The van der Waals surface area contributed by atoms with Gasteiger partial charge in [0.15, 0.2) is 0 Å². The number of fused-ring (bicyclic) bond motifs is 1. The number of likely N-dealkylation sites (N-methyl/N-ethyl adjacent to an activating group) is 1. The number of hydrogen-bond acceptors (Lipinski definition) is 2. The molecular weight excluding hydrogens is 238 g/mol. The summed E-state index contributed by atoms with van der Waals surface area (Å²) in [5.41, 5.74) is 2.25. The number of carbonyl (C=O) groups excluding carboxylic acids is 2. The molecule has 0 saturated heterocycles. The van der Waals surface area contributed by atoms with Crippen molar-refractivity contribution in [3.63, 3.8) is 0 Å². The molecule has 0 aromatic heterocycles. The van der Waals surface area contributed by atoms with E-state index in [1.54, 1.807) is 7.05 Å². The molecule has 2 aromatic rings. The fraction of sp³-hybridized carbons (Fsp3) is 0.250. The molecule has 2 rings (SSSR count). The third kappa shape index (κ3) is 2.99. The Morgan fingerprint density at radius 3 is 2.37 bits per heavy atom. The van der Waals surface area contributed by atoms with Crippen LogP contribution in [0.5, 0.6) is 0 Å². The fourth-order valence-electron chi connectivity index (χ4n) is 2.13. The van der Waals surface area contributed by atoms with Gasteiger partial charge < -0.3 is 4.90 Å². The molecule has 0 unspecified atom stereocenters. The van der Waals surface area contributed by atoms with E-state index in [1.807, 2.05) is 12.1 Å². The Hall–Kier alpha value is -2.16. The predicted octanol–water partition coefficient (Wildman–Crippen LogP) is 2.70. The van der Waals surface area contributed by atoms with Crippen LogP contribution >= 0.6 is 0 Å². The molecule has 0 aliphatic rings. The van der Waals surface area contributed by atoms with Crippen molar-refractivity contribution in [2.75, 3.05) is 7.05 Å². The molecule has 0 heterocycles. The van der Waals surface area contributed by atoms with Crippen LogP contribution in [-0.2, 0) is 16.1 Å². The first kappa shape index (κ1) is 13.3. The lowest BCUT2D eigenvalue weighted by Gasteiger charge is -2.15. The Balaban J connectivity index is 2.24. The molecule has 0 saturated carbocycles. The van der Waals surface area contributed by atoms with E-state index in [9.17, 15) is 9.59 Å². The van der Waals surface area contributed by atoms with E-state index in [4.69, 9.17) is 0 Å². The highest BCUT2D eigenvalue weighted by molar-refractivity contribution is 6.34. The van der Waals surface area contributed by atoms with Crippen LogP contribution in [0.3, 0.4) is 0 Å². The first-order chi connectivity index (χ1) is 8.97. The highest BCUT2D eigenvalue weighted by atomic mass is 16.2. The lowest BCUT2D eigenvalue weighted by Crippen LogP contribution is -2.31. The van der Waals surface area contributed by atoms with Gasteiger partial charge in [-0.1, -0.05) is 35.9 Å². The minimum atomic E-state index is -0.455. The van der Waals surface area contributed by atoms with Crippen LogP contribution in [0.1, 0.15) is 18.1 Å². The maximum absolute atomic E-state index is 11.5. The number of hydrogen-bond donors (Lipinski definition) is 0. The van der Waals surface area contributed by atoms with E-state index >= 15 is 0 Å². The Morgan fingerprint density at radius 1 is 1.05 bits per heavy atom. The molecular formula is C16H17NO2. The first-order valence-corrected chi connectivity index (χ1v) is 6.22. The van der Waals surface area contributed by atoms with Crippen molar-refractivity contribution in [3.05, 3.63) is 47.5 Å². The third-order valence-electron chi connectivity index (χ3n) is 3.13. The smallest absolute Gasteiger partial charge is 0.289 e. The van der Waals surface area contributed by atoms with Gasteiger partial charge in [-0.15, -0.1) is 0 Å². The van der Waals surface area contributed by atoms with Crippen LogP contribution in [0.15, 0.2) is 36.4 Å². The topological polar surface area (TPSA) is 37.4 Å². The summed E-state index contributed by atoms with van der Waals surface area (Å²) in [4.78, 5) is 24.0. The molecule has 19 heavy (non-hydrogen) atoms. The molecule has 3 heteroatoms. The molecule has 0 atom stereocenters. The molecule has 0 fully saturated rings. The van der Waals surface area contributed by atoms with Crippen molar-refractivity contribution in [1.82, 2.24) is 4.90 Å². The van der Waals surface area contributed by atoms with E-state index in [-0.39, 0.29) is 0 Å². The normalized spacial score (nSPS) is 10.5. The SMILES string of the molecule is CC(=O)C(=O)N(C)Cc1ccc2cc(C)ccc2c1. The maximum Gasteiger partial charge on any atom is 0.289 e. The lowest BCUT2D eigenvalue weighted by atomic mass is 10.0. The molecule has 1 amide bonds. The van der Waals surface area contributed by atoms with Crippen molar-refractivity contribution < 1.29 is 9.59 Å². The number of benzene rings is 2. The highest BCUT2D eigenvalue weighted by Gasteiger charge is 2.13. The standard InChI is InChI=1S/C16H17NO2/c1-11-4-6-15-9-13(5-7-14(15)8-11)10-17(3)16(19)12(2)18/h4-9H,10H2,1-3H3. The summed E-state index contributed by atoms with van der Waals surface area (Å²) in [6.45, 7) is 3.80. The summed E-state index contributed by atoms with van der Waals surface area (Å²) in [7, 11) is 1.64. The summed E-state index contributed by atoms with van der Waals surface area (Å²) in [5.74, 6) is -0.886. The first-order valence-electron chi connectivity index (χ1n) is 6.22. The minimum Gasteiger partial charge on any atom is -0.335 e. The zero-order chi connectivity index (χ0) is 14.0. The molecule has 98 valence electrons. The number of nitrogens with zero attached hydrogens (tertiary/aromatic N) is 1. The van der Waals surface area contributed by atoms with Gasteiger partial charge in [0.2, 0.25) is 5.78 Å². The van der Waals surface area contributed by atoms with Crippen molar-refractivity contribution in [3.8, 4) is 0 Å². The van der Waals surface area contributed by atoms with Crippen molar-refractivity contribution in [2.24, 2.45) is 0 Å². The minimum absolute atomic E-state index is 0.432. The Kier molecular flexibility index (Phi) is 3.65. The van der Waals surface area contributed by atoms with E-state index in [0.717, 1.165) is 10.9 Å². The predicted molar refractivity (Wildman–Crippen MR) is 75.8 cm³/mol. The molecule has 0 bridgehead atoms. The van der Waals surface area contributed by atoms with Crippen LogP contribution in [0.2, 0.25) is 0 Å². The summed E-state index contributed by atoms with van der Waals surface area (Å²) in [5, 5.41) is 2.33. The van der Waals surface area contributed by atoms with Crippen LogP contribution in [0.25, 0.3) is 10.8 Å². The van der Waals surface area contributed by atoms with Gasteiger partial charge in [-0.3, -0.25) is 9.59 Å². The molecule has 3 nitrogen and oxygen atoms in total. The number of amides is 1. The van der Waals surface area contributed by atoms with Gasteiger partial charge >= 0.3 is 0 Å². The average molecular weight is 255 g/mol. The lowest BCUT2D eigenvalue weighted by molar-refractivity contribution is -0.143. The van der Waals surface area contributed by atoms with Crippen LogP contribution < -0.4 is 0 Å². The second-order valence-corrected chi connectivity index (χ2v) is 4.90. The summed E-state index contributed by atoms with van der Waals surface area (Å²) >= 11 is 0. The molecule has 2 aromatic carbocycles. The quantitative estimate of drug-likeness (QED) is 0.791. The summed E-state index contributed by atoms with van der Waals surface area (Å²) in [6.07, 6.45) is 0. The monoisotopic (exact) mass is 255 g/mol. The van der Waals surface area contributed by atoms with E-state index in [2.05, 4.69) is 31.2 Å². The molecule has 0 aliphatic carbocycles. The third-order valence-corrected chi connectivity index (χ3v) is 3.13. The Bertz CT molecular complexity index is 646. The van der Waals surface area contributed by atoms with Crippen LogP contribution in [0.4, 0.5) is 0 Å². The van der Waals surface area contributed by atoms with Gasteiger partial charge in [0.25, 0.3) is 5.91 Å². The molecule has 0 N–H and O–H groups in total. The number of ketones is 1. The van der Waals surface area contributed by atoms with Crippen molar-refractivity contribution >= 4 is 22.5 Å². The van der Waals surface area contributed by atoms with Gasteiger partial charge in [-0.25, -0.2) is 0 Å². The Morgan fingerprint density at radius 2 is 1.68 bits per heavy atom. The van der Waals surface area contributed by atoms with Gasteiger partial charge in [0.1, 0.15) is 0 Å². The van der Waals surface area contributed by atoms with E-state index in [1.165, 1.54) is 22.8 Å².